The second-order valence-corrected chi connectivity index (χ2v) is 4.89. The third-order valence-electron chi connectivity index (χ3n) is 2.68. The highest BCUT2D eigenvalue weighted by Gasteiger charge is 2.15. The van der Waals surface area contributed by atoms with E-state index in [9.17, 15) is 9.59 Å². The Hall–Kier alpha value is -1.88. The van der Waals surface area contributed by atoms with E-state index in [0.717, 1.165) is 0 Å². The smallest absolute Gasteiger partial charge is 0.251 e. The van der Waals surface area contributed by atoms with Crippen LogP contribution in [0, 0.1) is 5.92 Å². The summed E-state index contributed by atoms with van der Waals surface area (Å²) in [6.07, 6.45) is 0.626. The number of benzene rings is 1. The molecule has 0 saturated carbocycles. The summed E-state index contributed by atoms with van der Waals surface area (Å²) in [6.45, 7) is 4.03. The number of amides is 2. The van der Waals surface area contributed by atoms with E-state index in [4.69, 9.17) is 5.73 Å². The average molecular weight is 263 g/mol. The Morgan fingerprint density at radius 2 is 2.00 bits per heavy atom. The normalized spacial score (nSPS) is 12.1. The van der Waals surface area contributed by atoms with Crippen LogP contribution in [0.2, 0.25) is 0 Å². The Balaban J connectivity index is 2.72. The van der Waals surface area contributed by atoms with E-state index in [2.05, 4.69) is 10.6 Å². The highest BCUT2D eigenvalue weighted by Crippen LogP contribution is 2.12. The molecule has 1 atom stereocenters. The Morgan fingerprint density at radius 3 is 2.58 bits per heavy atom. The number of carbonyl (C=O) groups excluding carboxylic acids is 2. The molecule has 0 spiro atoms. The predicted molar refractivity (Wildman–Crippen MR) is 75.9 cm³/mol. The molecule has 1 aromatic rings. The van der Waals surface area contributed by atoms with Crippen molar-refractivity contribution in [2.45, 2.75) is 26.3 Å². The maximum absolute atomic E-state index is 11.9. The van der Waals surface area contributed by atoms with Gasteiger partial charge in [0.1, 0.15) is 0 Å². The molecule has 1 aromatic carbocycles. The minimum Gasteiger partial charge on any atom is -0.355 e. The van der Waals surface area contributed by atoms with Crippen LogP contribution in [0.4, 0.5) is 5.69 Å². The molecule has 0 saturated heterocycles. The van der Waals surface area contributed by atoms with Crippen LogP contribution in [0.15, 0.2) is 24.3 Å². The molecule has 5 heteroatoms. The number of nitrogens with one attached hydrogen (secondary N) is 2. The van der Waals surface area contributed by atoms with Crippen LogP contribution in [-0.2, 0) is 4.79 Å². The van der Waals surface area contributed by atoms with Crippen LogP contribution in [-0.4, -0.2) is 24.9 Å². The van der Waals surface area contributed by atoms with E-state index in [0.29, 0.717) is 23.6 Å². The molecule has 5 nitrogen and oxygen atoms in total. The van der Waals surface area contributed by atoms with Crippen molar-refractivity contribution in [3.63, 3.8) is 0 Å². The minimum absolute atomic E-state index is 0.192. The Labute approximate surface area is 113 Å². The number of carbonyl (C=O) groups is 2. The van der Waals surface area contributed by atoms with E-state index >= 15 is 0 Å². The van der Waals surface area contributed by atoms with Crippen molar-refractivity contribution in [2.75, 3.05) is 12.4 Å². The van der Waals surface area contributed by atoms with Gasteiger partial charge in [0.25, 0.3) is 5.91 Å². The van der Waals surface area contributed by atoms with Gasteiger partial charge in [-0.3, -0.25) is 9.59 Å². The van der Waals surface area contributed by atoms with Crippen molar-refractivity contribution in [1.82, 2.24) is 5.32 Å². The summed E-state index contributed by atoms with van der Waals surface area (Å²) in [5.74, 6) is -0.0664. The minimum atomic E-state index is -0.538. The first kappa shape index (κ1) is 15.2. The molecule has 0 radical (unpaired) electrons. The largest absolute Gasteiger partial charge is 0.355 e. The van der Waals surface area contributed by atoms with Gasteiger partial charge in [0.2, 0.25) is 5.91 Å². The third-order valence-corrected chi connectivity index (χ3v) is 2.68. The zero-order valence-corrected chi connectivity index (χ0v) is 11.6. The van der Waals surface area contributed by atoms with E-state index in [-0.39, 0.29) is 11.8 Å². The quantitative estimate of drug-likeness (QED) is 0.750. The molecular weight excluding hydrogens is 242 g/mol. The number of rotatable bonds is 5. The average Bonchev–Trinajstić information content (AvgIpc) is 2.37. The SMILES string of the molecule is CNC(=O)c1cccc(NC(=O)C(N)CC(C)C)c1. The first-order valence-corrected chi connectivity index (χ1v) is 6.32. The van der Waals surface area contributed by atoms with Gasteiger partial charge >= 0.3 is 0 Å². The highest BCUT2D eigenvalue weighted by molar-refractivity contribution is 5.98. The molecule has 4 N–H and O–H groups in total. The van der Waals surface area contributed by atoms with Crippen molar-refractivity contribution < 1.29 is 9.59 Å². The molecule has 19 heavy (non-hydrogen) atoms. The molecule has 0 bridgehead atoms. The monoisotopic (exact) mass is 263 g/mol. The van der Waals surface area contributed by atoms with E-state index in [1.54, 1.807) is 31.3 Å². The lowest BCUT2D eigenvalue weighted by Crippen LogP contribution is -2.36. The summed E-state index contributed by atoms with van der Waals surface area (Å²) >= 11 is 0. The molecule has 0 aliphatic carbocycles. The summed E-state index contributed by atoms with van der Waals surface area (Å²) < 4.78 is 0. The number of hydrogen-bond acceptors (Lipinski definition) is 3. The lowest BCUT2D eigenvalue weighted by Gasteiger charge is -2.14. The van der Waals surface area contributed by atoms with Crippen molar-refractivity contribution in [3.8, 4) is 0 Å². The Morgan fingerprint density at radius 1 is 1.32 bits per heavy atom. The van der Waals surface area contributed by atoms with Gasteiger partial charge in [-0.2, -0.15) is 0 Å². The van der Waals surface area contributed by atoms with Crippen molar-refractivity contribution in [3.05, 3.63) is 29.8 Å². The lowest BCUT2D eigenvalue weighted by molar-refractivity contribution is -0.117. The molecule has 0 aromatic heterocycles. The second-order valence-electron chi connectivity index (χ2n) is 4.89. The van der Waals surface area contributed by atoms with Gasteiger partial charge in [-0.05, 0) is 30.5 Å². The van der Waals surface area contributed by atoms with Gasteiger partial charge in [-0.25, -0.2) is 0 Å². The highest BCUT2D eigenvalue weighted by atomic mass is 16.2. The molecule has 0 fully saturated rings. The second kappa shape index (κ2) is 6.89. The first-order valence-electron chi connectivity index (χ1n) is 6.32. The van der Waals surface area contributed by atoms with Gasteiger partial charge in [-0.15, -0.1) is 0 Å². The lowest BCUT2D eigenvalue weighted by atomic mass is 10.0. The summed E-state index contributed by atoms with van der Waals surface area (Å²) in [6, 6.07) is 6.21. The fourth-order valence-electron chi connectivity index (χ4n) is 1.73. The molecule has 2 amide bonds. The Bertz CT molecular complexity index is 458. The first-order chi connectivity index (χ1) is 8.93. The van der Waals surface area contributed by atoms with E-state index in [1.807, 2.05) is 13.8 Å². The van der Waals surface area contributed by atoms with Gasteiger partial charge in [0.05, 0.1) is 6.04 Å². The van der Waals surface area contributed by atoms with Gasteiger partial charge in [0.15, 0.2) is 0 Å². The van der Waals surface area contributed by atoms with Gasteiger partial charge in [0, 0.05) is 18.3 Å². The summed E-state index contributed by atoms with van der Waals surface area (Å²) in [7, 11) is 1.56. The van der Waals surface area contributed by atoms with Crippen LogP contribution in [0.3, 0.4) is 0 Å². The standard InChI is InChI=1S/C14H21N3O2/c1-9(2)7-12(15)14(19)17-11-6-4-5-10(8-11)13(18)16-3/h4-6,8-9,12H,7,15H2,1-3H3,(H,16,18)(H,17,19). The topological polar surface area (TPSA) is 84.2 Å². The van der Waals surface area contributed by atoms with Crippen LogP contribution in [0.25, 0.3) is 0 Å². The van der Waals surface area contributed by atoms with Crippen LogP contribution in [0.5, 0.6) is 0 Å². The van der Waals surface area contributed by atoms with Crippen LogP contribution >= 0.6 is 0 Å². The maximum Gasteiger partial charge on any atom is 0.251 e. The Kier molecular flexibility index (Phi) is 5.51. The van der Waals surface area contributed by atoms with E-state index in [1.165, 1.54) is 0 Å². The van der Waals surface area contributed by atoms with Crippen LogP contribution < -0.4 is 16.4 Å². The van der Waals surface area contributed by atoms with Gasteiger partial charge < -0.3 is 16.4 Å². The molecule has 104 valence electrons. The zero-order chi connectivity index (χ0) is 14.4. The number of nitrogens with two attached hydrogens (primary N) is 1. The molecule has 0 heterocycles. The van der Waals surface area contributed by atoms with Crippen molar-refractivity contribution >= 4 is 17.5 Å². The summed E-state index contributed by atoms with van der Waals surface area (Å²) in [5.41, 5.74) is 6.87. The van der Waals surface area contributed by atoms with Crippen molar-refractivity contribution in [2.24, 2.45) is 11.7 Å². The molecular formula is C14H21N3O2. The summed E-state index contributed by atoms with van der Waals surface area (Å²) in [5, 5.41) is 5.26. The van der Waals surface area contributed by atoms with Crippen molar-refractivity contribution in [1.29, 1.82) is 0 Å². The predicted octanol–water partition coefficient (Wildman–Crippen LogP) is 1.36. The molecule has 1 rings (SSSR count). The number of hydrogen-bond donors (Lipinski definition) is 3. The zero-order valence-electron chi connectivity index (χ0n) is 11.6. The molecule has 0 aliphatic rings. The van der Waals surface area contributed by atoms with E-state index < -0.39 is 6.04 Å². The van der Waals surface area contributed by atoms with Crippen LogP contribution in [0.1, 0.15) is 30.6 Å². The summed E-state index contributed by atoms with van der Waals surface area (Å²) in [4.78, 5) is 23.3. The fraction of sp³-hybridized carbons (Fsp3) is 0.429. The molecule has 1 unspecified atom stereocenters. The molecule has 0 aliphatic heterocycles. The maximum atomic E-state index is 11.9. The third kappa shape index (κ3) is 4.71. The number of anilines is 1. The fourth-order valence-corrected chi connectivity index (χ4v) is 1.73. The van der Waals surface area contributed by atoms with Gasteiger partial charge in [-0.1, -0.05) is 19.9 Å².